The summed E-state index contributed by atoms with van der Waals surface area (Å²) in [6.45, 7) is 4.81. The molecule has 0 fully saturated rings. The van der Waals surface area contributed by atoms with Gasteiger partial charge in [0.2, 0.25) is 5.95 Å². The third-order valence-corrected chi connectivity index (χ3v) is 3.75. The van der Waals surface area contributed by atoms with Crippen LogP contribution >= 0.6 is 15.9 Å². The summed E-state index contributed by atoms with van der Waals surface area (Å²) < 4.78 is 1.03. The Morgan fingerprint density at radius 3 is 2.45 bits per heavy atom. The van der Waals surface area contributed by atoms with E-state index in [4.69, 9.17) is 5.73 Å². The van der Waals surface area contributed by atoms with Gasteiger partial charge in [0.1, 0.15) is 0 Å². The monoisotopic (exact) mass is 334 g/mol. The van der Waals surface area contributed by atoms with Gasteiger partial charge in [0, 0.05) is 28.0 Å². The summed E-state index contributed by atoms with van der Waals surface area (Å²) in [6, 6.07) is 8.02. The third-order valence-electron chi connectivity index (χ3n) is 3.06. The van der Waals surface area contributed by atoms with Crippen LogP contribution in [0.2, 0.25) is 0 Å². The Bertz CT molecular complexity index is 566. The number of anilines is 1. The summed E-state index contributed by atoms with van der Waals surface area (Å²) in [5.74, 6) is 0.624. The van der Waals surface area contributed by atoms with E-state index in [1.54, 1.807) is 0 Å². The van der Waals surface area contributed by atoms with Crippen molar-refractivity contribution < 1.29 is 0 Å². The molecule has 2 aromatic rings. The fraction of sp³-hybridized carbons (Fsp3) is 0.333. The molecule has 1 heterocycles. The zero-order valence-corrected chi connectivity index (χ0v) is 13.3. The molecule has 2 rings (SSSR count). The zero-order chi connectivity index (χ0) is 14.6. The van der Waals surface area contributed by atoms with Crippen LogP contribution in [0.15, 0.2) is 41.1 Å². The van der Waals surface area contributed by atoms with Crippen LogP contribution in [-0.2, 0) is 0 Å². The molecule has 3 N–H and O–H groups in total. The summed E-state index contributed by atoms with van der Waals surface area (Å²) in [4.78, 5) is 8.76. The van der Waals surface area contributed by atoms with Gasteiger partial charge in [-0.3, -0.25) is 0 Å². The van der Waals surface area contributed by atoms with Crippen LogP contribution in [0.1, 0.15) is 20.3 Å². The number of nitrogens with zero attached hydrogens (tertiary/aromatic N) is 2. The lowest BCUT2D eigenvalue weighted by molar-refractivity contribution is 0.522. The van der Waals surface area contributed by atoms with Crippen molar-refractivity contribution in [2.45, 2.75) is 25.8 Å². The van der Waals surface area contributed by atoms with E-state index in [-0.39, 0.29) is 5.54 Å². The molecule has 0 bridgehead atoms. The average Bonchev–Trinajstić information content (AvgIpc) is 2.40. The van der Waals surface area contributed by atoms with Gasteiger partial charge in [-0.25, -0.2) is 9.97 Å². The van der Waals surface area contributed by atoms with E-state index in [0.717, 1.165) is 22.0 Å². The van der Waals surface area contributed by atoms with E-state index < -0.39 is 0 Å². The lowest BCUT2D eigenvalue weighted by Gasteiger charge is -2.25. The molecule has 1 aromatic carbocycles. The normalized spacial score (nSPS) is 11.4. The molecular weight excluding hydrogens is 316 g/mol. The molecule has 0 aliphatic carbocycles. The quantitative estimate of drug-likeness (QED) is 0.878. The van der Waals surface area contributed by atoms with Crippen molar-refractivity contribution in [3.05, 3.63) is 41.1 Å². The molecule has 20 heavy (non-hydrogen) atoms. The Hall–Kier alpha value is -1.46. The minimum atomic E-state index is -0.108. The van der Waals surface area contributed by atoms with Crippen molar-refractivity contribution in [1.82, 2.24) is 9.97 Å². The summed E-state index contributed by atoms with van der Waals surface area (Å²) in [5, 5.41) is 3.30. The van der Waals surface area contributed by atoms with E-state index in [0.29, 0.717) is 12.5 Å². The van der Waals surface area contributed by atoms with E-state index in [9.17, 15) is 0 Å². The summed E-state index contributed by atoms with van der Waals surface area (Å²) in [6.07, 6.45) is 4.52. The first-order valence-corrected chi connectivity index (χ1v) is 7.36. The Morgan fingerprint density at radius 2 is 1.85 bits per heavy atom. The minimum absolute atomic E-state index is 0.108. The maximum atomic E-state index is 5.60. The first kappa shape index (κ1) is 14.9. The number of aromatic nitrogens is 2. The second-order valence-electron chi connectivity index (χ2n) is 5.32. The maximum absolute atomic E-state index is 5.60. The number of nitrogens with two attached hydrogens (primary N) is 1. The minimum Gasteiger partial charge on any atom is -0.349 e. The van der Waals surface area contributed by atoms with Crippen LogP contribution < -0.4 is 11.1 Å². The molecule has 0 unspecified atom stereocenters. The summed E-state index contributed by atoms with van der Waals surface area (Å²) >= 11 is 3.54. The van der Waals surface area contributed by atoms with Crippen molar-refractivity contribution in [2.24, 2.45) is 5.73 Å². The molecule has 1 aromatic heterocycles. The lowest BCUT2D eigenvalue weighted by atomic mass is 10.0. The standard InChI is InChI=1S/C15H19BrN4/c1-15(2,7-8-17)20-14-18-9-11(10-19-14)12-5-3-4-6-13(12)16/h3-6,9-10H,7-8,17H2,1-2H3,(H,18,19,20). The molecule has 5 heteroatoms. The van der Waals surface area contributed by atoms with E-state index in [2.05, 4.69) is 45.1 Å². The molecule has 0 atom stereocenters. The predicted molar refractivity (Wildman–Crippen MR) is 86.5 cm³/mol. The predicted octanol–water partition coefficient (Wildman–Crippen LogP) is 3.45. The van der Waals surface area contributed by atoms with Crippen LogP contribution in [0.5, 0.6) is 0 Å². The Labute approximate surface area is 128 Å². The van der Waals surface area contributed by atoms with Gasteiger partial charge in [0.05, 0.1) is 0 Å². The smallest absolute Gasteiger partial charge is 0.223 e. The van der Waals surface area contributed by atoms with Crippen LogP contribution in [0.25, 0.3) is 11.1 Å². The number of hydrogen-bond acceptors (Lipinski definition) is 4. The van der Waals surface area contributed by atoms with Crippen LogP contribution in [0.4, 0.5) is 5.95 Å². The van der Waals surface area contributed by atoms with Crippen LogP contribution in [-0.4, -0.2) is 22.1 Å². The number of nitrogens with one attached hydrogen (secondary N) is 1. The van der Waals surface area contributed by atoms with Crippen molar-refractivity contribution in [3.8, 4) is 11.1 Å². The first-order chi connectivity index (χ1) is 9.52. The molecule has 0 aliphatic rings. The SMILES string of the molecule is CC(C)(CCN)Nc1ncc(-c2ccccc2Br)cn1. The van der Waals surface area contributed by atoms with Gasteiger partial charge in [-0.05, 0) is 38.4 Å². The molecule has 0 radical (unpaired) electrons. The highest BCUT2D eigenvalue weighted by Crippen LogP contribution is 2.27. The molecule has 0 aliphatic heterocycles. The average molecular weight is 335 g/mol. The maximum Gasteiger partial charge on any atom is 0.223 e. The fourth-order valence-corrected chi connectivity index (χ4v) is 2.47. The van der Waals surface area contributed by atoms with Crippen molar-refractivity contribution in [3.63, 3.8) is 0 Å². The van der Waals surface area contributed by atoms with Crippen LogP contribution in [0, 0.1) is 0 Å². The second kappa shape index (κ2) is 6.33. The highest BCUT2D eigenvalue weighted by atomic mass is 79.9. The van der Waals surface area contributed by atoms with Crippen molar-refractivity contribution in [2.75, 3.05) is 11.9 Å². The van der Waals surface area contributed by atoms with Gasteiger partial charge < -0.3 is 11.1 Å². The zero-order valence-electron chi connectivity index (χ0n) is 11.7. The van der Waals surface area contributed by atoms with Crippen molar-refractivity contribution in [1.29, 1.82) is 0 Å². The highest BCUT2D eigenvalue weighted by Gasteiger charge is 2.17. The van der Waals surface area contributed by atoms with E-state index in [1.165, 1.54) is 0 Å². The molecule has 0 spiro atoms. The Kier molecular flexibility index (Phi) is 4.73. The topological polar surface area (TPSA) is 63.8 Å². The molecule has 0 saturated heterocycles. The highest BCUT2D eigenvalue weighted by molar-refractivity contribution is 9.10. The van der Waals surface area contributed by atoms with E-state index in [1.807, 2.05) is 36.7 Å². The third kappa shape index (κ3) is 3.77. The van der Waals surface area contributed by atoms with Crippen molar-refractivity contribution >= 4 is 21.9 Å². The molecule has 0 saturated carbocycles. The summed E-state index contributed by atoms with van der Waals surface area (Å²) in [5.41, 5.74) is 7.56. The van der Waals surface area contributed by atoms with Gasteiger partial charge >= 0.3 is 0 Å². The van der Waals surface area contributed by atoms with Crippen LogP contribution in [0.3, 0.4) is 0 Å². The number of hydrogen-bond donors (Lipinski definition) is 2. The Morgan fingerprint density at radius 1 is 1.20 bits per heavy atom. The summed E-state index contributed by atoms with van der Waals surface area (Å²) in [7, 11) is 0. The van der Waals surface area contributed by atoms with E-state index >= 15 is 0 Å². The number of rotatable bonds is 5. The molecule has 106 valence electrons. The van der Waals surface area contributed by atoms with Gasteiger partial charge in [-0.2, -0.15) is 0 Å². The lowest BCUT2D eigenvalue weighted by Crippen LogP contribution is -2.34. The molecule has 0 amide bonds. The van der Waals surface area contributed by atoms with Gasteiger partial charge in [-0.1, -0.05) is 34.1 Å². The second-order valence-corrected chi connectivity index (χ2v) is 6.18. The number of benzene rings is 1. The Balaban J connectivity index is 2.17. The van der Waals surface area contributed by atoms with Gasteiger partial charge in [0.25, 0.3) is 0 Å². The fourth-order valence-electron chi connectivity index (χ4n) is 1.95. The van der Waals surface area contributed by atoms with Gasteiger partial charge in [-0.15, -0.1) is 0 Å². The number of halogens is 1. The first-order valence-electron chi connectivity index (χ1n) is 6.57. The largest absolute Gasteiger partial charge is 0.349 e. The molecule has 4 nitrogen and oxygen atoms in total. The van der Waals surface area contributed by atoms with Gasteiger partial charge in [0.15, 0.2) is 0 Å². The molecular formula is C15H19BrN4.